The molecular weight excluding hydrogens is 208 g/mol. The standard InChI is InChI=1S/C15H30N2/c1-12-6-9-17(10-7-12)14-11-15(2,3)8-5-13(14)16-4/h12-14,16H,5-11H2,1-4H3. The van der Waals surface area contributed by atoms with Gasteiger partial charge in [-0.1, -0.05) is 20.8 Å². The molecule has 1 saturated heterocycles. The van der Waals surface area contributed by atoms with Crippen LogP contribution in [0.15, 0.2) is 0 Å². The minimum absolute atomic E-state index is 0.543. The molecule has 0 radical (unpaired) electrons. The molecule has 2 nitrogen and oxygen atoms in total. The highest BCUT2D eigenvalue weighted by atomic mass is 15.2. The molecule has 2 heteroatoms. The number of likely N-dealkylation sites (N-methyl/N-ethyl adjacent to an activating group) is 1. The molecule has 0 spiro atoms. The van der Waals surface area contributed by atoms with Crippen LogP contribution in [0, 0.1) is 11.3 Å². The topological polar surface area (TPSA) is 15.3 Å². The largest absolute Gasteiger partial charge is 0.315 e. The zero-order chi connectivity index (χ0) is 12.5. The molecule has 2 fully saturated rings. The highest BCUT2D eigenvalue weighted by Crippen LogP contribution is 2.38. The van der Waals surface area contributed by atoms with Crippen molar-refractivity contribution in [3.63, 3.8) is 0 Å². The molecule has 0 aromatic carbocycles. The number of nitrogens with one attached hydrogen (secondary N) is 1. The SMILES string of the molecule is CNC1CCC(C)(C)CC1N1CCC(C)CC1. The van der Waals surface area contributed by atoms with Gasteiger partial charge in [0.15, 0.2) is 0 Å². The first-order chi connectivity index (χ1) is 8.02. The van der Waals surface area contributed by atoms with Crippen LogP contribution in [-0.4, -0.2) is 37.1 Å². The van der Waals surface area contributed by atoms with E-state index >= 15 is 0 Å². The van der Waals surface area contributed by atoms with Gasteiger partial charge in [0.25, 0.3) is 0 Å². The first-order valence-electron chi connectivity index (χ1n) is 7.43. The molecule has 0 aromatic rings. The summed E-state index contributed by atoms with van der Waals surface area (Å²) in [5.41, 5.74) is 0.543. The average Bonchev–Trinajstić information content (AvgIpc) is 2.29. The molecule has 0 amide bonds. The van der Waals surface area contributed by atoms with Gasteiger partial charge in [-0.2, -0.15) is 0 Å². The Morgan fingerprint density at radius 3 is 2.35 bits per heavy atom. The number of nitrogens with zero attached hydrogens (tertiary/aromatic N) is 1. The van der Waals surface area contributed by atoms with Crippen LogP contribution in [0.2, 0.25) is 0 Å². The van der Waals surface area contributed by atoms with E-state index in [0.717, 1.165) is 18.0 Å². The first-order valence-corrected chi connectivity index (χ1v) is 7.43. The van der Waals surface area contributed by atoms with Crippen LogP contribution in [0.5, 0.6) is 0 Å². The van der Waals surface area contributed by atoms with Gasteiger partial charge in [0.1, 0.15) is 0 Å². The Balaban J connectivity index is 2.00. The normalized spacial score (nSPS) is 36.0. The van der Waals surface area contributed by atoms with Gasteiger partial charge in [0.2, 0.25) is 0 Å². The zero-order valence-corrected chi connectivity index (χ0v) is 12.1. The molecule has 2 aliphatic rings. The van der Waals surface area contributed by atoms with Gasteiger partial charge in [-0.05, 0) is 63.6 Å². The van der Waals surface area contributed by atoms with Crippen molar-refractivity contribution in [3.05, 3.63) is 0 Å². The van der Waals surface area contributed by atoms with Gasteiger partial charge < -0.3 is 5.32 Å². The fourth-order valence-electron chi connectivity index (χ4n) is 3.63. The molecule has 1 aliphatic heterocycles. The van der Waals surface area contributed by atoms with E-state index < -0.39 is 0 Å². The van der Waals surface area contributed by atoms with Crippen molar-refractivity contribution in [1.29, 1.82) is 0 Å². The summed E-state index contributed by atoms with van der Waals surface area (Å²) in [5.74, 6) is 0.941. The van der Waals surface area contributed by atoms with Crippen molar-refractivity contribution in [2.24, 2.45) is 11.3 Å². The molecule has 1 N–H and O–H groups in total. The van der Waals surface area contributed by atoms with Crippen LogP contribution in [0.4, 0.5) is 0 Å². The predicted octanol–water partition coefficient (Wildman–Crippen LogP) is 2.89. The Morgan fingerprint density at radius 1 is 1.12 bits per heavy atom. The van der Waals surface area contributed by atoms with E-state index in [9.17, 15) is 0 Å². The Bertz CT molecular complexity index is 241. The second-order valence-corrected chi connectivity index (χ2v) is 7.09. The van der Waals surface area contributed by atoms with Crippen LogP contribution in [0.25, 0.3) is 0 Å². The number of piperidine rings is 1. The molecule has 0 bridgehead atoms. The van der Waals surface area contributed by atoms with Crippen LogP contribution >= 0.6 is 0 Å². The third-order valence-electron chi connectivity index (χ3n) is 5.02. The zero-order valence-electron chi connectivity index (χ0n) is 12.1. The minimum Gasteiger partial charge on any atom is -0.315 e. The van der Waals surface area contributed by atoms with Crippen molar-refractivity contribution in [1.82, 2.24) is 10.2 Å². The molecule has 2 unspecified atom stereocenters. The second-order valence-electron chi connectivity index (χ2n) is 7.09. The fourth-order valence-corrected chi connectivity index (χ4v) is 3.63. The molecular formula is C15H30N2. The molecule has 1 saturated carbocycles. The second kappa shape index (κ2) is 5.27. The van der Waals surface area contributed by atoms with Crippen molar-refractivity contribution in [2.75, 3.05) is 20.1 Å². The molecule has 17 heavy (non-hydrogen) atoms. The summed E-state index contributed by atoms with van der Waals surface area (Å²) in [6.45, 7) is 9.93. The van der Waals surface area contributed by atoms with Crippen LogP contribution in [-0.2, 0) is 0 Å². The maximum absolute atomic E-state index is 3.56. The Labute approximate surface area is 107 Å². The van der Waals surface area contributed by atoms with Crippen molar-refractivity contribution in [3.8, 4) is 0 Å². The number of hydrogen-bond donors (Lipinski definition) is 1. The molecule has 1 heterocycles. The highest BCUT2D eigenvalue weighted by molar-refractivity contribution is 4.94. The monoisotopic (exact) mass is 238 g/mol. The Kier molecular flexibility index (Phi) is 4.14. The minimum atomic E-state index is 0.543. The maximum Gasteiger partial charge on any atom is 0.0254 e. The Morgan fingerprint density at radius 2 is 1.76 bits per heavy atom. The van der Waals surface area contributed by atoms with E-state index in [1.807, 2.05) is 0 Å². The summed E-state index contributed by atoms with van der Waals surface area (Å²) >= 11 is 0. The van der Waals surface area contributed by atoms with Crippen LogP contribution in [0.3, 0.4) is 0 Å². The van der Waals surface area contributed by atoms with Crippen LogP contribution < -0.4 is 5.32 Å². The van der Waals surface area contributed by atoms with Crippen LogP contribution in [0.1, 0.15) is 52.9 Å². The fraction of sp³-hybridized carbons (Fsp3) is 1.00. The Hall–Kier alpha value is -0.0800. The lowest BCUT2D eigenvalue weighted by Crippen LogP contribution is -2.55. The van der Waals surface area contributed by atoms with Gasteiger partial charge in [0, 0.05) is 12.1 Å². The van der Waals surface area contributed by atoms with E-state index in [1.165, 1.54) is 45.2 Å². The molecule has 1 aliphatic carbocycles. The smallest absolute Gasteiger partial charge is 0.0254 e. The summed E-state index contributed by atoms with van der Waals surface area (Å²) in [6.07, 6.45) is 6.88. The quantitative estimate of drug-likeness (QED) is 0.796. The van der Waals surface area contributed by atoms with Gasteiger partial charge in [-0.3, -0.25) is 4.90 Å². The van der Waals surface area contributed by atoms with E-state index in [1.54, 1.807) is 0 Å². The summed E-state index contributed by atoms with van der Waals surface area (Å²) in [5, 5.41) is 3.56. The van der Waals surface area contributed by atoms with E-state index in [4.69, 9.17) is 0 Å². The lowest BCUT2D eigenvalue weighted by atomic mass is 9.72. The van der Waals surface area contributed by atoms with Gasteiger partial charge in [0.05, 0.1) is 0 Å². The number of hydrogen-bond acceptors (Lipinski definition) is 2. The van der Waals surface area contributed by atoms with E-state index in [0.29, 0.717) is 5.41 Å². The molecule has 100 valence electrons. The van der Waals surface area contributed by atoms with Crippen molar-refractivity contribution >= 4 is 0 Å². The lowest BCUT2D eigenvalue weighted by Gasteiger charge is -2.47. The van der Waals surface area contributed by atoms with Crippen molar-refractivity contribution < 1.29 is 0 Å². The number of likely N-dealkylation sites (tertiary alicyclic amines) is 1. The molecule has 2 atom stereocenters. The highest BCUT2D eigenvalue weighted by Gasteiger charge is 2.37. The first kappa shape index (κ1) is 13.4. The summed E-state index contributed by atoms with van der Waals surface area (Å²) in [4.78, 5) is 2.77. The molecule has 0 aromatic heterocycles. The maximum atomic E-state index is 3.56. The lowest BCUT2D eigenvalue weighted by molar-refractivity contribution is 0.0455. The van der Waals surface area contributed by atoms with Gasteiger partial charge in [-0.15, -0.1) is 0 Å². The summed E-state index contributed by atoms with van der Waals surface area (Å²) in [6, 6.07) is 1.49. The van der Waals surface area contributed by atoms with E-state index in [-0.39, 0.29) is 0 Å². The average molecular weight is 238 g/mol. The number of rotatable bonds is 2. The van der Waals surface area contributed by atoms with E-state index in [2.05, 4.69) is 38.0 Å². The van der Waals surface area contributed by atoms with Gasteiger partial charge in [-0.25, -0.2) is 0 Å². The summed E-state index contributed by atoms with van der Waals surface area (Å²) < 4.78 is 0. The van der Waals surface area contributed by atoms with Gasteiger partial charge >= 0.3 is 0 Å². The molecule has 2 rings (SSSR count). The third kappa shape index (κ3) is 3.23. The third-order valence-corrected chi connectivity index (χ3v) is 5.02. The summed E-state index contributed by atoms with van der Waals surface area (Å²) in [7, 11) is 2.14. The van der Waals surface area contributed by atoms with Crippen molar-refractivity contribution in [2.45, 2.75) is 65.0 Å². The predicted molar refractivity (Wildman–Crippen MR) is 74.2 cm³/mol.